The van der Waals surface area contributed by atoms with Crippen molar-refractivity contribution in [2.45, 2.75) is 18.2 Å². The lowest BCUT2D eigenvalue weighted by Gasteiger charge is -2.29. The molecule has 0 aliphatic carbocycles. The monoisotopic (exact) mass is 367 g/mol. The van der Waals surface area contributed by atoms with Gasteiger partial charge in [0.1, 0.15) is 0 Å². The highest BCUT2D eigenvalue weighted by Gasteiger charge is 2.30. The maximum Gasteiger partial charge on any atom is 0.216 e. The van der Waals surface area contributed by atoms with Crippen molar-refractivity contribution in [3.8, 4) is 0 Å². The van der Waals surface area contributed by atoms with E-state index in [4.69, 9.17) is 0 Å². The maximum atomic E-state index is 12.4. The van der Waals surface area contributed by atoms with Crippen molar-refractivity contribution < 1.29 is 8.42 Å². The van der Waals surface area contributed by atoms with Gasteiger partial charge in [-0.1, -0.05) is 76.6 Å². The van der Waals surface area contributed by atoms with E-state index in [9.17, 15) is 8.42 Å². The zero-order chi connectivity index (χ0) is 15.3. The molecule has 0 aliphatic heterocycles. The third-order valence-corrected chi connectivity index (χ3v) is 5.85. The molecular formula is C16H18BrNO2S. The zero-order valence-electron chi connectivity index (χ0n) is 11.8. The summed E-state index contributed by atoms with van der Waals surface area (Å²) in [5.41, 5.74) is 1.03. The van der Waals surface area contributed by atoms with E-state index in [1.165, 1.54) is 0 Å². The van der Waals surface area contributed by atoms with Gasteiger partial charge in [-0.2, -0.15) is 0 Å². The third kappa shape index (κ3) is 4.40. The first-order valence-electron chi connectivity index (χ1n) is 6.62. The predicted molar refractivity (Wildman–Crippen MR) is 89.8 cm³/mol. The van der Waals surface area contributed by atoms with Crippen LogP contribution in [0.25, 0.3) is 0 Å². The molecule has 2 aromatic rings. The summed E-state index contributed by atoms with van der Waals surface area (Å²) >= 11 is 3.42. The summed E-state index contributed by atoms with van der Waals surface area (Å²) in [7, 11) is -3.43. The maximum absolute atomic E-state index is 12.4. The van der Waals surface area contributed by atoms with Crippen LogP contribution in [0.5, 0.6) is 0 Å². The Morgan fingerprint density at radius 1 is 1.00 bits per heavy atom. The summed E-state index contributed by atoms with van der Waals surface area (Å²) in [6, 6.07) is 18.7. The molecule has 5 heteroatoms. The molecule has 112 valence electrons. The van der Waals surface area contributed by atoms with E-state index in [2.05, 4.69) is 20.7 Å². The van der Waals surface area contributed by atoms with Crippen LogP contribution in [0.4, 0.5) is 0 Å². The quantitative estimate of drug-likeness (QED) is 0.795. The van der Waals surface area contributed by atoms with Crippen molar-refractivity contribution in [1.82, 2.24) is 4.72 Å². The van der Waals surface area contributed by atoms with E-state index >= 15 is 0 Å². The van der Waals surface area contributed by atoms with Crippen LogP contribution < -0.4 is 4.72 Å². The topological polar surface area (TPSA) is 46.2 Å². The second-order valence-corrected chi connectivity index (χ2v) is 7.46. The molecule has 2 aromatic carbocycles. The van der Waals surface area contributed by atoms with Gasteiger partial charge in [0, 0.05) is 5.33 Å². The van der Waals surface area contributed by atoms with Crippen molar-refractivity contribution in [1.29, 1.82) is 0 Å². The van der Waals surface area contributed by atoms with Gasteiger partial charge in [-0.3, -0.25) is 0 Å². The highest BCUT2D eigenvalue weighted by atomic mass is 79.9. The van der Waals surface area contributed by atoms with E-state index in [1.54, 1.807) is 0 Å². The summed E-state index contributed by atoms with van der Waals surface area (Å²) in [4.78, 5) is 0. The highest BCUT2D eigenvalue weighted by Crippen LogP contribution is 2.24. The number of halogens is 1. The summed E-state index contributed by atoms with van der Waals surface area (Å²) in [5.74, 6) is -0.0245. The Labute approximate surface area is 134 Å². The van der Waals surface area contributed by atoms with Gasteiger partial charge in [0.2, 0.25) is 10.0 Å². The van der Waals surface area contributed by atoms with Crippen molar-refractivity contribution >= 4 is 26.0 Å². The van der Waals surface area contributed by atoms with E-state index in [0.717, 1.165) is 11.1 Å². The molecule has 0 aromatic heterocycles. The second-order valence-electron chi connectivity index (χ2n) is 5.18. The molecule has 1 atom stereocenters. The molecule has 0 heterocycles. The van der Waals surface area contributed by atoms with Crippen LogP contribution in [-0.2, 0) is 21.3 Å². The van der Waals surface area contributed by atoms with Crippen molar-refractivity contribution in [2.24, 2.45) is 0 Å². The SMILES string of the molecule is CC(CBr)(NS(=O)(=O)Cc1ccccc1)c1ccccc1. The number of alkyl halides is 1. The van der Waals surface area contributed by atoms with Crippen LogP contribution >= 0.6 is 15.9 Å². The number of sulfonamides is 1. The molecule has 0 aliphatic rings. The first kappa shape index (κ1) is 16.2. The van der Waals surface area contributed by atoms with Crippen LogP contribution in [0.1, 0.15) is 18.1 Å². The Morgan fingerprint density at radius 2 is 1.52 bits per heavy atom. The lowest BCUT2D eigenvalue weighted by molar-refractivity contribution is 0.481. The molecule has 1 N–H and O–H groups in total. The fourth-order valence-electron chi connectivity index (χ4n) is 2.14. The second kappa shape index (κ2) is 6.73. The van der Waals surface area contributed by atoms with Crippen LogP contribution in [0.15, 0.2) is 60.7 Å². The molecule has 0 amide bonds. The lowest BCUT2D eigenvalue weighted by Crippen LogP contribution is -2.45. The number of nitrogens with one attached hydrogen (secondary N) is 1. The number of benzene rings is 2. The Bertz CT molecular complexity index is 674. The average molecular weight is 368 g/mol. The van der Waals surface area contributed by atoms with E-state index in [1.807, 2.05) is 67.6 Å². The third-order valence-electron chi connectivity index (χ3n) is 3.26. The van der Waals surface area contributed by atoms with Crippen molar-refractivity contribution in [2.75, 3.05) is 5.33 Å². The van der Waals surface area contributed by atoms with Crippen LogP contribution in [-0.4, -0.2) is 13.7 Å². The van der Waals surface area contributed by atoms with Crippen molar-refractivity contribution in [3.05, 3.63) is 71.8 Å². The standard InChI is InChI=1S/C16H18BrNO2S/c1-16(13-17,15-10-6-3-7-11-15)18-21(19,20)12-14-8-4-2-5-9-14/h2-11,18H,12-13H2,1H3. The van der Waals surface area contributed by atoms with Gasteiger partial charge < -0.3 is 0 Å². The van der Waals surface area contributed by atoms with E-state index in [-0.39, 0.29) is 5.75 Å². The van der Waals surface area contributed by atoms with E-state index in [0.29, 0.717) is 5.33 Å². The van der Waals surface area contributed by atoms with Crippen LogP contribution in [0.2, 0.25) is 0 Å². The summed E-state index contributed by atoms with van der Waals surface area (Å²) in [5, 5.41) is 0.498. The number of hydrogen-bond acceptors (Lipinski definition) is 2. The molecule has 0 saturated carbocycles. The minimum absolute atomic E-state index is 0.0245. The molecule has 0 saturated heterocycles. The number of hydrogen-bond donors (Lipinski definition) is 1. The summed E-state index contributed by atoms with van der Waals surface area (Å²) < 4.78 is 27.6. The molecule has 0 radical (unpaired) electrons. The first-order chi connectivity index (χ1) is 9.95. The molecule has 0 spiro atoms. The Balaban J connectivity index is 2.21. The van der Waals surface area contributed by atoms with Crippen molar-refractivity contribution in [3.63, 3.8) is 0 Å². The first-order valence-corrected chi connectivity index (χ1v) is 9.40. The van der Waals surface area contributed by atoms with Crippen LogP contribution in [0, 0.1) is 0 Å². The summed E-state index contributed by atoms with van der Waals surface area (Å²) in [6.07, 6.45) is 0. The van der Waals surface area contributed by atoms with Gasteiger partial charge >= 0.3 is 0 Å². The van der Waals surface area contributed by atoms with Gasteiger partial charge in [0.05, 0.1) is 11.3 Å². The largest absolute Gasteiger partial charge is 0.216 e. The lowest BCUT2D eigenvalue weighted by atomic mass is 9.96. The van der Waals surface area contributed by atoms with Gasteiger partial charge in [-0.05, 0) is 18.1 Å². The Morgan fingerprint density at radius 3 is 2.05 bits per heavy atom. The Hall–Kier alpha value is -1.17. The summed E-state index contributed by atoms with van der Waals surface area (Å²) in [6.45, 7) is 1.87. The fraction of sp³-hybridized carbons (Fsp3) is 0.250. The molecule has 0 fully saturated rings. The van der Waals surface area contributed by atoms with Gasteiger partial charge in [0.25, 0.3) is 0 Å². The average Bonchev–Trinajstić information content (AvgIpc) is 2.48. The van der Waals surface area contributed by atoms with Gasteiger partial charge in [-0.25, -0.2) is 13.1 Å². The zero-order valence-corrected chi connectivity index (χ0v) is 14.2. The van der Waals surface area contributed by atoms with Gasteiger partial charge in [-0.15, -0.1) is 0 Å². The molecule has 21 heavy (non-hydrogen) atoms. The van der Waals surface area contributed by atoms with E-state index < -0.39 is 15.6 Å². The smallest absolute Gasteiger partial charge is 0.212 e. The highest BCUT2D eigenvalue weighted by molar-refractivity contribution is 9.09. The predicted octanol–water partition coefficient (Wildman–Crippen LogP) is 3.42. The number of rotatable bonds is 6. The molecular weight excluding hydrogens is 350 g/mol. The molecule has 0 bridgehead atoms. The molecule has 3 nitrogen and oxygen atoms in total. The molecule has 2 rings (SSSR count). The normalized spacial score (nSPS) is 14.6. The molecule has 1 unspecified atom stereocenters. The Kier molecular flexibility index (Phi) is 5.19. The van der Waals surface area contributed by atoms with Gasteiger partial charge in [0.15, 0.2) is 0 Å². The minimum Gasteiger partial charge on any atom is -0.212 e. The fourth-order valence-corrected chi connectivity index (χ4v) is 4.37. The van der Waals surface area contributed by atoms with Crippen LogP contribution in [0.3, 0.4) is 0 Å². The minimum atomic E-state index is -3.43.